The molecule has 5 rings (SSSR count). The Morgan fingerprint density at radius 2 is 2.09 bits per heavy atom. The fraction of sp³-hybridized carbons (Fsp3) is 0.143. The molecule has 32 heavy (non-hydrogen) atoms. The minimum Gasteiger partial charge on any atom is -0.476 e. The summed E-state index contributed by atoms with van der Waals surface area (Å²) in [6, 6.07) is 7.72. The van der Waals surface area contributed by atoms with E-state index in [1.165, 1.54) is 21.4 Å². The summed E-state index contributed by atoms with van der Waals surface area (Å²) < 4.78 is 7.83. The molecule has 0 aliphatic carbocycles. The zero-order chi connectivity index (χ0) is 22.2. The van der Waals surface area contributed by atoms with E-state index >= 15 is 0 Å². The zero-order valence-electron chi connectivity index (χ0n) is 16.9. The van der Waals surface area contributed by atoms with Crippen LogP contribution in [0.2, 0.25) is 0 Å². The Labute approximate surface area is 180 Å². The molecule has 0 amide bonds. The lowest BCUT2D eigenvalue weighted by molar-refractivity contribution is 0.0690. The maximum atomic E-state index is 12.6. The molecule has 4 aromatic heterocycles. The first kappa shape index (κ1) is 19.4. The Hall–Kier alpha value is -4.54. The molecule has 0 aliphatic rings. The highest BCUT2D eigenvalue weighted by Gasteiger charge is 2.11. The van der Waals surface area contributed by atoms with E-state index in [1.54, 1.807) is 19.3 Å². The van der Waals surface area contributed by atoms with E-state index in [1.807, 2.05) is 24.3 Å². The van der Waals surface area contributed by atoms with Gasteiger partial charge >= 0.3 is 11.7 Å². The molecule has 0 unspecified atom stereocenters. The van der Waals surface area contributed by atoms with Crippen molar-refractivity contribution in [1.82, 2.24) is 29.1 Å². The Morgan fingerprint density at radius 1 is 1.22 bits per heavy atom. The third-order valence-corrected chi connectivity index (χ3v) is 5.02. The Kier molecular flexibility index (Phi) is 4.62. The number of aryl methyl sites for hydroxylation is 1. The molecule has 0 aliphatic heterocycles. The summed E-state index contributed by atoms with van der Waals surface area (Å²) >= 11 is 0. The first-order valence-electron chi connectivity index (χ1n) is 9.74. The number of hydrogen-bond acceptors (Lipinski definition) is 8. The molecule has 0 saturated heterocycles. The van der Waals surface area contributed by atoms with Gasteiger partial charge in [0.25, 0.3) is 0 Å². The molecule has 0 atom stereocenters. The van der Waals surface area contributed by atoms with Crippen LogP contribution in [0.5, 0.6) is 0 Å². The summed E-state index contributed by atoms with van der Waals surface area (Å²) in [6.07, 6.45) is 5.93. The van der Waals surface area contributed by atoms with Crippen molar-refractivity contribution in [2.75, 3.05) is 11.9 Å². The van der Waals surface area contributed by atoms with E-state index in [9.17, 15) is 9.59 Å². The standard InChI is InChI=1S/C21H17N7O4/c1-12-25-18(26-32-12)14-3-2-13-4-5-22-19(16(13)8-14)23-6-7-27-10-15-9-24-17(20(29)30)11-28(15)21(27)31/h2-5,8-11H,6-7H2,1H3,(H,22,23)(H,29,30). The second-order valence-electron chi connectivity index (χ2n) is 7.14. The lowest BCUT2D eigenvalue weighted by Crippen LogP contribution is -2.23. The van der Waals surface area contributed by atoms with E-state index in [-0.39, 0.29) is 11.4 Å². The number of benzene rings is 1. The predicted molar refractivity (Wildman–Crippen MR) is 115 cm³/mol. The third kappa shape index (κ3) is 3.45. The average molecular weight is 431 g/mol. The van der Waals surface area contributed by atoms with Crippen molar-refractivity contribution in [2.45, 2.75) is 13.5 Å². The molecule has 1 aromatic carbocycles. The van der Waals surface area contributed by atoms with Gasteiger partial charge in [-0.3, -0.25) is 8.97 Å². The molecule has 4 heterocycles. The van der Waals surface area contributed by atoms with Crippen LogP contribution in [0.4, 0.5) is 5.82 Å². The second-order valence-corrected chi connectivity index (χ2v) is 7.14. The average Bonchev–Trinajstić information content (AvgIpc) is 3.36. The number of pyridine rings is 1. The molecule has 0 radical (unpaired) electrons. The number of anilines is 1. The largest absolute Gasteiger partial charge is 0.476 e. The summed E-state index contributed by atoms with van der Waals surface area (Å²) in [4.78, 5) is 36.2. The van der Waals surface area contributed by atoms with Crippen LogP contribution in [-0.2, 0) is 6.54 Å². The van der Waals surface area contributed by atoms with Crippen molar-refractivity contribution in [3.63, 3.8) is 0 Å². The highest BCUT2D eigenvalue weighted by molar-refractivity contribution is 5.94. The minimum absolute atomic E-state index is 0.192. The molecular weight excluding hydrogens is 414 g/mol. The number of aromatic carboxylic acids is 1. The fourth-order valence-corrected chi connectivity index (χ4v) is 3.47. The number of carbonyl (C=O) groups is 1. The first-order valence-corrected chi connectivity index (χ1v) is 9.74. The number of nitrogens with one attached hydrogen (secondary N) is 1. The zero-order valence-corrected chi connectivity index (χ0v) is 16.9. The fourth-order valence-electron chi connectivity index (χ4n) is 3.47. The molecule has 11 nitrogen and oxygen atoms in total. The SMILES string of the molecule is Cc1nc(-c2ccc3ccnc(NCCn4cc5cnc(C(=O)O)cn5c4=O)c3c2)no1. The molecule has 0 bridgehead atoms. The van der Waals surface area contributed by atoms with Crippen molar-refractivity contribution in [2.24, 2.45) is 0 Å². The van der Waals surface area contributed by atoms with Crippen molar-refractivity contribution in [1.29, 1.82) is 0 Å². The summed E-state index contributed by atoms with van der Waals surface area (Å²) in [5, 5.41) is 18.2. The molecule has 2 N–H and O–H groups in total. The number of fused-ring (bicyclic) bond motifs is 2. The van der Waals surface area contributed by atoms with Gasteiger partial charge < -0.3 is 14.9 Å². The van der Waals surface area contributed by atoms with Crippen LogP contribution in [0.15, 0.2) is 58.4 Å². The maximum absolute atomic E-state index is 12.6. The minimum atomic E-state index is -1.19. The molecule has 11 heteroatoms. The number of imidazole rings is 1. The number of rotatable bonds is 6. The van der Waals surface area contributed by atoms with Crippen LogP contribution in [-0.4, -0.2) is 46.7 Å². The van der Waals surface area contributed by atoms with E-state index in [0.29, 0.717) is 36.1 Å². The van der Waals surface area contributed by atoms with Crippen molar-refractivity contribution in [3.05, 3.63) is 71.1 Å². The van der Waals surface area contributed by atoms with Gasteiger partial charge in [0, 0.05) is 49.6 Å². The second kappa shape index (κ2) is 7.61. The quantitative estimate of drug-likeness (QED) is 0.414. The van der Waals surface area contributed by atoms with Crippen molar-refractivity contribution < 1.29 is 14.4 Å². The van der Waals surface area contributed by atoms with E-state index in [2.05, 4.69) is 25.4 Å². The maximum Gasteiger partial charge on any atom is 0.356 e. The normalized spacial score (nSPS) is 11.3. The van der Waals surface area contributed by atoms with Gasteiger partial charge in [-0.05, 0) is 17.5 Å². The highest BCUT2D eigenvalue weighted by atomic mass is 16.5. The topological polar surface area (TPSA) is 140 Å². The van der Waals surface area contributed by atoms with Gasteiger partial charge in [0.1, 0.15) is 5.82 Å². The molecule has 0 spiro atoms. The first-order chi connectivity index (χ1) is 15.5. The van der Waals surface area contributed by atoms with Gasteiger partial charge in [0.15, 0.2) is 5.69 Å². The van der Waals surface area contributed by atoms with E-state index in [0.717, 1.165) is 16.3 Å². The lowest BCUT2D eigenvalue weighted by Gasteiger charge is -2.09. The van der Waals surface area contributed by atoms with Gasteiger partial charge in [0.2, 0.25) is 11.7 Å². The number of carboxylic acids is 1. The summed E-state index contributed by atoms with van der Waals surface area (Å²) in [6.45, 7) is 2.51. The van der Waals surface area contributed by atoms with Crippen LogP contribution < -0.4 is 11.0 Å². The van der Waals surface area contributed by atoms with E-state index < -0.39 is 5.97 Å². The molecular formula is C21H17N7O4. The monoisotopic (exact) mass is 431 g/mol. The number of aromatic nitrogens is 6. The summed E-state index contributed by atoms with van der Waals surface area (Å²) in [5.41, 5.74) is 0.792. The summed E-state index contributed by atoms with van der Waals surface area (Å²) in [5.74, 6) is 0.461. The van der Waals surface area contributed by atoms with Crippen LogP contribution >= 0.6 is 0 Å². The van der Waals surface area contributed by atoms with Gasteiger partial charge in [-0.2, -0.15) is 4.98 Å². The van der Waals surface area contributed by atoms with Gasteiger partial charge in [-0.1, -0.05) is 17.3 Å². The van der Waals surface area contributed by atoms with Crippen LogP contribution in [0, 0.1) is 6.92 Å². The summed E-state index contributed by atoms with van der Waals surface area (Å²) in [7, 11) is 0. The number of hydrogen-bond donors (Lipinski definition) is 2. The Morgan fingerprint density at radius 3 is 2.88 bits per heavy atom. The highest BCUT2D eigenvalue weighted by Crippen LogP contribution is 2.26. The predicted octanol–water partition coefficient (Wildman–Crippen LogP) is 2.21. The van der Waals surface area contributed by atoms with Crippen LogP contribution in [0.1, 0.15) is 16.4 Å². The van der Waals surface area contributed by atoms with Crippen molar-refractivity contribution >= 4 is 28.1 Å². The number of nitrogens with zero attached hydrogens (tertiary/aromatic N) is 6. The molecule has 5 aromatic rings. The van der Waals surface area contributed by atoms with E-state index in [4.69, 9.17) is 9.63 Å². The lowest BCUT2D eigenvalue weighted by atomic mass is 10.1. The van der Waals surface area contributed by atoms with Crippen molar-refractivity contribution in [3.8, 4) is 11.4 Å². The Bertz CT molecular complexity index is 1530. The molecule has 0 fully saturated rings. The van der Waals surface area contributed by atoms with Gasteiger partial charge in [-0.15, -0.1) is 0 Å². The van der Waals surface area contributed by atoms with Crippen LogP contribution in [0.25, 0.3) is 27.7 Å². The van der Waals surface area contributed by atoms with Crippen LogP contribution in [0.3, 0.4) is 0 Å². The number of carboxylic acid groups (broad SMARTS) is 1. The Balaban J connectivity index is 1.39. The molecule has 160 valence electrons. The molecule has 0 saturated carbocycles. The van der Waals surface area contributed by atoms with Gasteiger partial charge in [0.05, 0.1) is 11.7 Å². The third-order valence-electron chi connectivity index (χ3n) is 5.02. The smallest absolute Gasteiger partial charge is 0.356 e. The van der Waals surface area contributed by atoms with Gasteiger partial charge in [-0.25, -0.2) is 19.6 Å².